The smallest absolute Gasteiger partial charge is 0.191 e. The Kier molecular flexibility index (Phi) is 5.04. The topological polar surface area (TPSA) is 46.5 Å². The minimum Gasteiger partial charge on any atom is -0.392 e. The van der Waals surface area contributed by atoms with Crippen LogP contribution in [0.25, 0.3) is 0 Å². The molecule has 3 heteroatoms. The molecule has 1 unspecified atom stereocenters. The highest BCUT2D eigenvalue weighted by molar-refractivity contribution is 6.00. The molecule has 2 aromatic carbocycles. The molecule has 3 nitrogen and oxygen atoms in total. The molecule has 20 heavy (non-hydrogen) atoms. The van der Waals surface area contributed by atoms with Crippen LogP contribution in [0.3, 0.4) is 0 Å². The van der Waals surface area contributed by atoms with E-state index >= 15 is 0 Å². The highest BCUT2D eigenvalue weighted by Crippen LogP contribution is 2.14. The van der Waals surface area contributed by atoms with E-state index in [2.05, 4.69) is 0 Å². The fraction of sp³-hybridized carbons (Fsp3) is 0.235. The third-order valence-corrected chi connectivity index (χ3v) is 3.17. The number of ether oxygens (including phenoxy) is 1. The zero-order valence-corrected chi connectivity index (χ0v) is 11.5. The molecule has 0 aromatic heterocycles. The molecular weight excluding hydrogens is 252 g/mol. The first-order valence-corrected chi connectivity index (χ1v) is 6.61. The minimum absolute atomic E-state index is 0.106. The Morgan fingerprint density at radius 2 is 1.75 bits per heavy atom. The molecule has 1 atom stereocenters. The zero-order valence-electron chi connectivity index (χ0n) is 11.5. The summed E-state index contributed by atoms with van der Waals surface area (Å²) in [6.45, 7) is 1.99. The van der Waals surface area contributed by atoms with Gasteiger partial charge in [0.25, 0.3) is 0 Å². The Morgan fingerprint density at radius 1 is 1.10 bits per heavy atom. The van der Waals surface area contributed by atoms with Crippen LogP contribution in [0.1, 0.15) is 28.4 Å². The van der Waals surface area contributed by atoms with Crippen LogP contribution in [-0.4, -0.2) is 17.0 Å². The number of carbonyl (C=O) groups excluding carboxylic acids is 1. The summed E-state index contributed by atoms with van der Waals surface area (Å²) in [5.74, 6) is -0.106. The summed E-state index contributed by atoms with van der Waals surface area (Å²) in [6, 6.07) is 16.8. The molecule has 0 amide bonds. The molecule has 0 saturated heterocycles. The van der Waals surface area contributed by atoms with Crippen LogP contribution >= 0.6 is 0 Å². The summed E-state index contributed by atoms with van der Waals surface area (Å²) in [5.41, 5.74) is 2.19. The SMILES string of the molecule is CC(OCc1ccccc1)C(=O)c1ccccc1CO. The summed E-state index contributed by atoms with van der Waals surface area (Å²) in [6.07, 6.45) is -0.539. The first kappa shape index (κ1) is 14.4. The number of aliphatic hydroxyl groups excluding tert-OH is 1. The molecular formula is C17H18O3. The first-order chi connectivity index (χ1) is 9.72. The standard InChI is InChI=1S/C17H18O3/c1-13(20-12-14-7-3-2-4-8-14)17(19)16-10-6-5-9-15(16)11-18/h2-10,13,18H,11-12H2,1H3. The van der Waals surface area contributed by atoms with Crippen LogP contribution in [-0.2, 0) is 18.0 Å². The second-order valence-electron chi connectivity index (χ2n) is 4.62. The minimum atomic E-state index is -0.539. The Labute approximate surface area is 118 Å². The van der Waals surface area contributed by atoms with Crippen LogP contribution in [0.4, 0.5) is 0 Å². The number of ketones is 1. The van der Waals surface area contributed by atoms with Gasteiger partial charge in [0, 0.05) is 5.56 Å². The van der Waals surface area contributed by atoms with Crippen LogP contribution in [0, 0.1) is 0 Å². The van der Waals surface area contributed by atoms with E-state index in [1.54, 1.807) is 31.2 Å². The molecule has 0 bridgehead atoms. The summed E-state index contributed by atoms with van der Waals surface area (Å²) in [4.78, 5) is 12.3. The number of aliphatic hydroxyl groups is 1. The van der Waals surface area contributed by atoms with Gasteiger partial charge in [-0.1, -0.05) is 54.6 Å². The lowest BCUT2D eigenvalue weighted by Crippen LogP contribution is -2.22. The van der Waals surface area contributed by atoms with Crippen molar-refractivity contribution < 1.29 is 14.6 Å². The van der Waals surface area contributed by atoms with Gasteiger partial charge in [-0.25, -0.2) is 0 Å². The first-order valence-electron chi connectivity index (χ1n) is 6.61. The summed E-state index contributed by atoms with van der Waals surface area (Å²) in [5, 5.41) is 9.26. The van der Waals surface area contributed by atoms with Gasteiger partial charge in [0.05, 0.1) is 13.2 Å². The quantitative estimate of drug-likeness (QED) is 0.821. The van der Waals surface area contributed by atoms with Crippen LogP contribution < -0.4 is 0 Å². The van der Waals surface area contributed by atoms with Gasteiger partial charge in [0.1, 0.15) is 6.10 Å². The highest BCUT2D eigenvalue weighted by Gasteiger charge is 2.18. The van der Waals surface area contributed by atoms with E-state index < -0.39 is 6.10 Å². The van der Waals surface area contributed by atoms with E-state index in [4.69, 9.17) is 4.74 Å². The fourth-order valence-corrected chi connectivity index (χ4v) is 1.99. The highest BCUT2D eigenvalue weighted by atomic mass is 16.5. The van der Waals surface area contributed by atoms with Crippen molar-refractivity contribution in [3.05, 3.63) is 71.3 Å². The van der Waals surface area contributed by atoms with Crippen molar-refractivity contribution in [2.45, 2.75) is 26.2 Å². The predicted octanol–water partition coefficient (Wildman–Crippen LogP) is 2.97. The number of Topliss-reactive ketones (excluding diaryl/α,β-unsaturated/α-hetero) is 1. The second kappa shape index (κ2) is 6.98. The van der Waals surface area contributed by atoms with Crippen molar-refractivity contribution in [1.82, 2.24) is 0 Å². The summed E-state index contributed by atoms with van der Waals surface area (Å²) < 4.78 is 5.61. The lowest BCUT2D eigenvalue weighted by molar-refractivity contribution is 0.0410. The average molecular weight is 270 g/mol. The van der Waals surface area contributed by atoms with Crippen LogP contribution in [0.15, 0.2) is 54.6 Å². The van der Waals surface area contributed by atoms with Gasteiger partial charge in [-0.2, -0.15) is 0 Å². The maximum absolute atomic E-state index is 12.3. The lowest BCUT2D eigenvalue weighted by Gasteiger charge is -2.14. The molecule has 2 aromatic rings. The van der Waals surface area contributed by atoms with E-state index in [9.17, 15) is 9.90 Å². The van der Waals surface area contributed by atoms with Crippen LogP contribution in [0.2, 0.25) is 0 Å². The largest absolute Gasteiger partial charge is 0.392 e. The maximum atomic E-state index is 12.3. The van der Waals surface area contributed by atoms with Crippen molar-refractivity contribution in [2.75, 3.05) is 0 Å². The summed E-state index contributed by atoms with van der Waals surface area (Å²) in [7, 11) is 0. The van der Waals surface area contributed by atoms with Gasteiger partial charge in [-0.3, -0.25) is 4.79 Å². The third-order valence-electron chi connectivity index (χ3n) is 3.17. The number of hydrogen-bond donors (Lipinski definition) is 1. The van der Waals surface area contributed by atoms with Gasteiger partial charge in [0.2, 0.25) is 0 Å². The molecule has 2 rings (SSSR count). The fourth-order valence-electron chi connectivity index (χ4n) is 1.99. The van der Waals surface area contributed by atoms with Gasteiger partial charge < -0.3 is 9.84 Å². The van der Waals surface area contributed by atoms with Gasteiger partial charge in [-0.05, 0) is 18.1 Å². The second-order valence-corrected chi connectivity index (χ2v) is 4.62. The van der Waals surface area contributed by atoms with Crippen molar-refractivity contribution >= 4 is 5.78 Å². The van der Waals surface area contributed by atoms with Crippen molar-refractivity contribution in [1.29, 1.82) is 0 Å². The number of benzene rings is 2. The lowest BCUT2D eigenvalue weighted by atomic mass is 10.0. The van der Waals surface area contributed by atoms with E-state index in [0.29, 0.717) is 17.7 Å². The third kappa shape index (κ3) is 3.53. The average Bonchev–Trinajstić information content (AvgIpc) is 2.52. The van der Waals surface area contributed by atoms with E-state index in [1.807, 2.05) is 30.3 Å². The maximum Gasteiger partial charge on any atom is 0.191 e. The number of carbonyl (C=O) groups is 1. The van der Waals surface area contributed by atoms with Crippen molar-refractivity contribution in [2.24, 2.45) is 0 Å². The van der Waals surface area contributed by atoms with Crippen molar-refractivity contribution in [3.63, 3.8) is 0 Å². The van der Waals surface area contributed by atoms with E-state index in [1.165, 1.54) is 0 Å². The van der Waals surface area contributed by atoms with Crippen molar-refractivity contribution in [3.8, 4) is 0 Å². The van der Waals surface area contributed by atoms with Gasteiger partial charge in [-0.15, -0.1) is 0 Å². The summed E-state index contributed by atoms with van der Waals surface area (Å²) >= 11 is 0. The molecule has 104 valence electrons. The molecule has 0 aliphatic carbocycles. The Hall–Kier alpha value is -1.97. The Morgan fingerprint density at radius 3 is 2.45 bits per heavy atom. The Bertz CT molecular complexity index is 563. The normalized spacial score (nSPS) is 12.1. The zero-order chi connectivity index (χ0) is 14.4. The number of hydrogen-bond acceptors (Lipinski definition) is 3. The number of rotatable bonds is 6. The predicted molar refractivity (Wildman–Crippen MR) is 77.4 cm³/mol. The molecule has 1 N–H and O–H groups in total. The monoisotopic (exact) mass is 270 g/mol. The Balaban J connectivity index is 2.02. The van der Waals surface area contributed by atoms with Crippen LogP contribution in [0.5, 0.6) is 0 Å². The molecule has 0 saturated carbocycles. The van der Waals surface area contributed by atoms with Gasteiger partial charge >= 0.3 is 0 Å². The van der Waals surface area contributed by atoms with Gasteiger partial charge in [0.15, 0.2) is 5.78 Å². The molecule has 0 aliphatic heterocycles. The molecule has 0 spiro atoms. The molecule has 0 heterocycles. The van der Waals surface area contributed by atoms with E-state index in [-0.39, 0.29) is 12.4 Å². The van der Waals surface area contributed by atoms with E-state index in [0.717, 1.165) is 5.56 Å². The molecule has 0 aliphatic rings. The molecule has 0 radical (unpaired) electrons. The molecule has 0 fully saturated rings.